The Morgan fingerprint density at radius 1 is 1.40 bits per heavy atom. The van der Waals surface area contributed by atoms with E-state index in [4.69, 9.17) is 0 Å². The molecule has 0 atom stereocenters. The van der Waals surface area contributed by atoms with Crippen molar-refractivity contribution in [1.29, 1.82) is 0 Å². The Labute approximate surface area is 86.2 Å². The van der Waals surface area contributed by atoms with E-state index in [1.807, 2.05) is 6.07 Å². The molecule has 0 radical (unpaired) electrons. The Balaban J connectivity index is 2.59. The van der Waals surface area contributed by atoms with Gasteiger partial charge in [-0.2, -0.15) is 4.98 Å². The van der Waals surface area contributed by atoms with E-state index in [0.29, 0.717) is 5.69 Å². The lowest BCUT2D eigenvalue weighted by Gasteiger charge is -2.04. The number of phenols is 1. The normalized spacial score (nSPS) is 10.2. The number of rotatable bonds is 1. The van der Waals surface area contributed by atoms with Gasteiger partial charge in [-0.1, -0.05) is 12.1 Å². The predicted molar refractivity (Wildman–Crippen MR) is 56.7 cm³/mol. The zero-order valence-electron chi connectivity index (χ0n) is 8.19. The number of hydrogen-bond acceptors (Lipinski definition) is 3. The van der Waals surface area contributed by atoms with Crippen LogP contribution in [-0.2, 0) is 0 Å². The van der Waals surface area contributed by atoms with E-state index in [2.05, 4.69) is 9.97 Å². The fourth-order valence-electron chi connectivity index (χ4n) is 1.45. The molecule has 4 nitrogen and oxygen atoms in total. The molecule has 0 saturated carbocycles. The minimum absolute atomic E-state index is 0.193. The van der Waals surface area contributed by atoms with Gasteiger partial charge in [0.05, 0.1) is 5.69 Å². The summed E-state index contributed by atoms with van der Waals surface area (Å²) in [5, 5.41) is 9.33. The van der Waals surface area contributed by atoms with E-state index in [0.717, 1.165) is 11.1 Å². The van der Waals surface area contributed by atoms with Crippen LogP contribution in [0.3, 0.4) is 0 Å². The van der Waals surface area contributed by atoms with Crippen LogP contribution in [0.5, 0.6) is 5.75 Å². The molecule has 2 rings (SSSR count). The van der Waals surface area contributed by atoms with Crippen molar-refractivity contribution in [1.82, 2.24) is 9.97 Å². The van der Waals surface area contributed by atoms with Crippen molar-refractivity contribution < 1.29 is 5.11 Å². The first-order valence-corrected chi connectivity index (χ1v) is 4.52. The highest BCUT2D eigenvalue weighted by molar-refractivity contribution is 5.65. The van der Waals surface area contributed by atoms with Crippen molar-refractivity contribution in [3.63, 3.8) is 0 Å². The van der Waals surface area contributed by atoms with Gasteiger partial charge in [-0.25, -0.2) is 4.79 Å². The van der Waals surface area contributed by atoms with Crippen LogP contribution < -0.4 is 5.69 Å². The van der Waals surface area contributed by atoms with Crippen LogP contribution in [-0.4, -0.2) is 15.1 Å². The second kappa shape index (κ2) is 3.57. The first-order valence-electron chi connectivity index (χ1n) is 4.52. The quantitative estimate of drug-likeness (QED) is 0.735. The second-order valence-electron chi connectivity index (χ2n) is 3.26. The van der Waals surface area contributed by atoms with E-state index >= 15 is 0 Å². The van der Waals surface area contributed by atoms with Gasteiger partial charge in [0.25, 0.3) is 0 Å². The summed E-state index contributed by atoms with van der Waals surface area (Å²) >= 11 is 0. The van der Waals surface area contributed by atoms with Crippen molar-refractivity contribution in [3.05, 3.63) is 46.6 Å². The zero-order valence-corrected chi connectivity index (χ0v) is 8.19. The number of nitrogens with zero attached hydrogens (tertiary/aromatic N) is 1. The molecule has 2 aromatic rings. The summed E-state index contributed by atoms with van der Waals surface area (Å²) in [6.45, 7) is 1.76. The van der Waals surface area contributed by atoms with Gasteiger partial charge in [-0.3, -0.25) is 0 Å². The van der Waals surface area contributed by atoms with Crippen LogP contribution in [0.15, 0.2) is 35.3 Å². The standard InChI is InChI=1S/C11H10N2O2/c1-7-10(6-12-11(15)13-7)8-3-2-4-9(14)5-8/h2-6,14H,1H3,(H,12,13,15). The molecule has 1 aromatic heterocycles. The predicted octanol–water partition coefficient (Wildman–Crippen LogP) is 1.45. The molecule has 0 aliphatic heterocycles. The number of nitrogens with one attached hydrogen (secondary N) is 1. The lowest BCUT2D eigenvalue weighted by Crippen LogP contribution is -2.11. The number of aryl methyl sites for hydroxylation is 1. The Morgan fingerprint density at radius 2 is 2.20 bits per heavy atom. The van der Waals surface area contributed by atoms with Gasteiger partial charge in [0.1, 0.15) is 5.75 Å². The molecule has 76 valence electrons. The summed E-state index contributed by atoms with van der Waals surface area (Å²) in [4.78, 5) is 17.2. The van der Waals surface area contributed by atoms with Crippen LogP contribution in [0.2, 0.25) is 0 Å². The molecule has 0 aliphatic rings. The summed E-state index contributed by atoms with van der Waals surface area (Å²) in [5.74, 6) is 0.193. The minimum Gasteiger partial charge on any atom is -0.508 e. The number of aromatic hydroxyl groups is 1. The number of hydrogen-bond donors (Lipinski definition) is 2. The number of aromatic nitrogens is 2. The lowest BCUT2D eigenvalue weighted by molar-refractivity contribution is 0.475. The summed E-state index contributed by atoms with van der Waals surface area (Å²) in [5.41, 5.74) is 1.92. The van der Waals surface area contributed by atoms with Crippen molar-refractivity contribution in [2.75, 3.05) is 0 Å². The number of H-pyrrole nitrogens is 1. The summed E-state index contributed by atoms with van der Waals surface area (Å²) < 4.78 is 0. The van der Waals surface area contributed by atoms with Gasteiger partial charge in [-0.05, 0) is 24.6 Å². The molecule has 0 aliphatic carbocycles. The third-order valence-electron chi connectivity index (χ3n) is 2.16. The smallest absolute Gasteiger partial charge is 0.345 e. The number of benzene rings is 1. The Hall–Kier alpha value is -2.10. The van der Waals surface area contributed by atoms with Crippen LogP contribution in [0, 0.1) is 6.92 Å². The Kier molecular flexibility index (Phi) is 2.25. The molecule has 0 bridgehead atoms. The molecule has 15 heavy (non-hydrogen) atoms. The van der Waals surface area contributed by atoms with Gasteiger partial charge >= 0.3 is 5.69 Å². The van der Waals surface area contributed by atoms with Crippen molar-refractivity contribution >= 4 is 0 Å². The summed E-state index contributed by atoms with van der Waals surface area (Å²) in [6, 6.07) is 6.82. The van der Waals surface area contributed by atoms with Crippen LogP contribution in [0.25, 0.3) is 11.1 Å². The summed E-state index contributed by atoms with van der Waals surface area (Å²) in [6.07, 6.45) is 1.60. The minimum atomic E-state index is -0.364. The highest BCUT2D eigenvalue weighted by atomic mass is 16.3. The zero-order chi connectivity index (χ0) is 10.8. The highest BCUT2D eigenvalue weighted by Gasteiger charge is 2.03. The van der Waals surface area contributed by atoms with Gasteiger partial charge in [0.15, 0.2) is 0 Å². The average molecular weight is 202 g/mol. The first-order chi connectivity index (χ1) is 7.16. The third kappa shape index (κ3) is 1.88. The largest absolute Gasteiger partial charge is 0.508 e. The molecular formula is C11H10N2O2. The van der Waals surface area contributed by atoms with Gasteiger partial charge in [0, 0.05) is 11.8 Å². The van der Waals surface area contributed by atoms with Crippen LogP contribution in [0.4, 0.5) is 0 Å². The van der Waals surface area contributed by atoms with Gasteiger partial charge in [-0.15, -0.1) is 0 Å². The van der Waals surface area contributed by atoms with Crippen LogP contribution >= 0.6 is 0 Å². The van der Waals surface area contributed by atoms with E-state index in [1.165, 1.54) is 0 Å². The van der Waals surface area contributed by atoms with E-state index in [1.54, 1.807) is 31.3 Å². The van der Waals surface area contributed by atoms with Crippen molar-refractivity contribution in [3.8, 4) is 16.9 Å². The fourth-order valence-corrected chi connectivity index (χ4v) is 1.45. The molecule has 0 saturated heterocycles. The molecule has 2 N–H and O–H groups in total. The van der Waals surface area contributed by atoms with E-state index in [9.17, 15) is 9.90 Å². The lowest BCUT2D eigenvalue weighted by atomic mass is 10.1. The molecule has 0 unspecified atom stereocenters. The molecule has 0 fully saturated rings. The molecular weight excluding hydrogens is 192 g/mol. The van der Waals surface area contributed by atoms with E-state index in [-0.39, 0.29) is 11.4 Å². The maximum atomic E-state index is 10.9. The van der Waals surface area contributed by atoms with E-state index < -0.39 is 0 Å². The maximum absolute atomic E-state index is 10.9. The van der Waals surface area contributed by atoms with Crippen molar-refractivity contribution in [2.24, 2.45) is 0 Å². The SMILES string of the molecule is Cc1nc(=O)[nH]cc1-c1cccc(O)c1. The third-order valence-corrected chi connectivity index (χ3v) is 2.16. The molecule has 0 amide bonds. The first kappa shape index (κ1) is 9.45. The fraction of sp³-hybridized carbons (Fsp3) is 0.0909. The average Bonchev–Trinajstić information content (AvgIpc) is 2.17. The molecule has 1 heterocycles. The van der Waals surface area contributed by atoms with Crippen molar-refractivity contribution in [2.45, 2.75) is 6.92 Å². The Bertz CT molecular complexity index is 546. The number of aromatic amines is 1. The van der Waals surface area contributed by atoms with Gasteiger partial charge < -0.3 is 10.1 Å². The monoisotopic (exact) mass is 202 g/mol. The summed E-state index contributed by atoms with van der Waals surface area (Å²) in [7, 11) is 0. The molecule has 1 aromatic carbocycles. The Morgan fingerprint density at radius 3 is 2.87 bits per heavy atom. The highest BCUT2D eigenvalue weighted by Crippen LogP contribution is 2.23. The van der Waals surface area contributed by atoms with Gasteiger partial charge in [0.2, 0.25) is 0 Å². The second-order valence-corrected chi connectivity index (χ2v) is 3.26. The molecule has 4 heteroatoms. The van der Waals surface area contributed by atoms with Crippen LogP contribution in [0.1, 0.15) is 5.69 Å². The topological polar surface area (TPSA) is 66.0 Å². The molecule has 0 spiro atoms. The number of phenolic OH excluding ortho intramolecular Hbond substituents is 1. The maximum Gasteiger partial charge on any atom is 0.345 e.